The molecule has 1 fully saturated rings. The lowest BCUT2D eigenvalue weighted by molar-refractivity contribution is -0.117. The van der Waals surface area contributed by atoms with Gasteiger partial charge in [0.05, 0.1) is 5.69 Å². The third-order valence-electron chi connectivity index (χ3n) is 3.18. The van der Waals surface area contributed by atoms with Crippen LogP contribution in [0.5, 0.6) is 0 Å². The van der Waals surface area contributed by atoms with Gasteiger partial charge in [0.15, 0.2) is 11.4 Å². The molecule has 1 unspecified atom stereocenters. The zero-order chi connectivity index (χ0) is 14.5. The molecule has 1 heterocycles. The Morgan fingerprint density at radius 1 is 1.60 bits per heavy atom. The molecule has 20 heavy (non-hydrogen) atoms. The largest absolute Gasteiger partial charge is 0.310 e. The minimum absolute atomic E-state index is 0.152. The average molecular weight is 288 g/mol. The summed E-state index contributed by atoms with van der Waals surface area (Å²) in [5, 5.41) is 11.7. The Morgan fingerprint density at radius 3 is 3.00 bits per heavy atom. The Morgan fingerprint density at radius 2 is 2.40 bits per heavy atom. The Balaban J connectivity index is 2.29. The van der Waals surface area contributed by atoms with Crippen molar-refractivity contribution in [2.45, 2.75) is 25.8 Å². The minimum atomic E-state index is 0.152. The van der Waals surface area contributed by atoms with Crippen molar-refractivity contribution < 1.29 is 4.79 Å². The standard InChI is InChI=1S/C14H16N4OS/c1-10-6-7-13(19)18(10)12-5-3-4-11(8-12)17-14(20-2)16-9-15/h3-5,8,10H,6-7H2,1-2H3,(H,16,17). The number of hydrogen-bond donors (Lipinski definition) is 1. The van der Waals surface area contributed by atoms with Gasteiger partial charge in [-0.3, -0.25) is 10.1 Å². The van der Waals surface area contributed by atoms with Gasteiger partial charge in [-0.05, 0) is 37.8 Å². The van der Waals surface area contributed by atoms with Crippen molar-refractivity contribution in [2.24, 2.45) is 4.99 Å². The molecule has 0 bridgehead atoms. The summed E-state index contributed by atoms with van der Waals surface area (Å²) in [6.07, 6.45) is 5.19. The Kier molecular flexibility index (Phi) is 4.64. The summed E-state index contributed by atoms with van der Waals surface area (Å²) >= 11 is 1.36. The highest BCUT2D eigenvalue weighted by Crippen LogP contribution is 2.29. The summed E-state index contributed by atoms with van der Waals surface area (Å²) in [6, 6.07) is 7.73. The van der Waals surface area contributed by atoms with Crippen molar-refractivity contribution in [3.8, 4) is 6.19 Å². The van der Waals surface area contributed by atoms with E-state index in [2.05, 4.69) is 10.3 Å². The average Bonchev–Trinajstić information content (AvgIpc) is 2.78. The first-order valence-electron chi connectivity index (χ1n) is 6.35. The molecule has 1 aromatic carbocycles. The van der Waals surface area contributed by atoms with Crippen molar-refractivity contribution in [2.75, 3.05) is 11.2 Å². The molecule has 0 spiro atoms. The molecule has 1 aliphatic heterocycles. The summed E-state index contributed by atoms with van der Waals surface area (Å²) in [5.41, 5.74) is 1.58. The van der Waals surface area contributed by atoms with Gasteiger partial charge in [0.2, 0.25) is 5.91 Å². The number of hydrogen-bond acceptors (Lipinski definition) is 4. The predicted molar refractivity (Wildman–Crippen MR) is 82.0 cm³/mol. The number of benzene rings is 1. The van der Waals surface area contributed by atoms with Crippen LogP contribution in [0, 0.1) is 11.5 Å². The van der Waals surface area contributed by atoms with E-state index in [1.54, 1.807) is 0 Å². The van der Waals surface area contributed by atoms with E-state index in [0.717, 1.165) is 17.8 Å². The molecule has 1 amide bonds. The van der Waals surface area contributed by atoms with Gasteiger partial charge in [0.1, 0.15) is 0 Å². The zero-order valence-electron chi connectivity index (χ0n) is 11.5. The molecule has 1 aromatic rings. The number of nitrogens with zero attached hydrogens (tertiary/aromatic N) is 3. The first kappa shape index (κ1) is 14.4. The zero-order valence-corrected chi connectivity index (χ0v) is 12.3. The summed E-state index contributed by atoms with van der Waals surface area (Å²) in [6.45, 7) is 2.05. The van der Waals surface area contributed by atoms with Gasteiger partial charge in [-0.2, -0.15) is 5.26 Å². The normalized spacial score (nSPS) is 19.1. The van der Waals surface area contributed by atoms with Crippen molar-refractivity contribution >= 4 is 34.2 Å². The third kappa shape index (κ3) is 3.11. The molecule has 0 saturated carbocycles. The number of nitrogens with one attached hydrogen (secondary N) is 1. The molecule has 104 valence electrons. The second kappa shape index (κ2) is 6.44. The van der Waals surface area contributed by atoms with E-state index in [1.807, 2.05) is 48.5 Å². The number of carbonyl (C=O) groups excluding carboxylic acids is 1. The summed E-state index contributed by atoms with van der Waals surface area (Å²) in [4.78, 5) is 18.1. The van der Waals surface area contributed by atoms with Gasteiger partial charge >= 0.3 is 0 Å². The number of carbonyl (C=O) groups is 1. The Hall–Kier alpha value is -2.00. The molecule has 0 aromatic heterocycles. The highest BCUT2D eigenvalue weighted by atomic mass is 32.2. The van der Waals surface area contributed by atoms with Crippen molar-refractivity contribution in [1.82, 2.24) is 5.32 Å². The number of amidine groups is 1. The quantitative estimate of drug-likeness (QED) is 0.393. The molecule has 2 rings (SSSR count). The highest BCUT2D eigenvalue weighted by Gasteiger charge is 2.28. The lowest BCUT2D eigenvalue weighted by Crippen LogP contribution is -2.30. The van der Waals surface area contributed by atoms with Gasteiger partial charge in [-0.25, -0.2) is 4.99 Å². The number of amides is 1. The number of aliphatic imine (C=N–C) groups is 1. The maximum Gasteiger partial charge on any atom is 0.227 e. The fraction of sp³-hybridized carbons (Fsp3) is 0.357. The molecule has 0 aliphatic carbocycles. The second-order valence-corrected chi connectivity index (χ2v) is 5.32. The van der Waals surface area contributed by atoms with E-state index in [0.29, 0.717) is 11.6 Å². The molecule has 1 N–H and O–H groups in total. The lowest BCUT2D eigenvalue weighted by Gasteiger charge is -2.21. The van der Waals surface area contributed by atoms with Crippen LogP contribution >= 0.6 is 11.8 Å². The molecular formula is C14H16N4OS. The number of anilines is 1. The fourth-order valence-corrected chi connectivity index (χ4v) is 2.57. The van der Waals surface area contributed by atoms with E-state index in [9.17, 15) is 4.79 Å². The molecule has 6 heteroatoms. The first-order chi connectivity index (χ1) is 9.65. The van der Waals surface area contributed by atoms with E-state index in [4.69, 9.17) is 5.26 Å². The maximum atomic E-state index is 11.9. The van der Waals surface area contributed by atoms with Crippen LogP contribution in [-0.2, 0) is 4.79 Å². The van der Waals surface area contributed by atoms with Crippen LogP contribution < -0.4 is 10.2 Å². The predicted octanol–water partition coefficient (Wildman–Crippen LogP) is 2.62. The van der Waals surface area contributed by atoms with Crippen LogP contribution in [-0.4, -0.2) is 23.4 Å². The SMILES string of the molecule is CSC(=Nc1cccc(N2C(=O)CCC2C)c1)NC#N. The van der Waals surface area contributed by atoms with Crippen molar-refractivity contribution in [3.05, 3.63) is 24.3 Å². The van der Waals surface area contributed by atoms with E-state index < -0.39 is 0 Å². The first-order valence-corrected chi connectivity index (χ1v) is 7.58. The van der Waals surface area contributed by atoms with Crippen molar-refractivity contribution in [1.29, 1.82) is 5.26 Å². The van der Waals surface area contributed by atoms with Crippen molar-refractivity contribution in [3.63, 3.8) is 0 Å². The summed E-state index contributed by atoms with van der Waals surface area (Å²) in [7, 11) is 0. The van der Waals surface area contributed by atoms with Crippen LogP contribution in [0.25, 0.3) is 0 Å². The smallest absolute Gasteiger partial charge is 0.227 e. The van der Waals surface area contributed by atoms with Crippen LogP contribution in [0.1, 0.15) is 19.8 Å². The van der Waals surface area contributed by atoms with Crippen LogP contribution in [0.15, 0.2) is 29.3 Å². The van der Waals surface area contributed by atoms with Crippen LogP contribution in [0.3, 0.4) is 0 Å². The second-order valence-electron chi connectivity index (χ2n) is 4.53. The van der Waals surface area contributed by atoms with Crippen LogP contribution in [0.4, 0.5) is 11.4 Å². The number of thioether (sulfide) groups is 1. The Labute approximate surface area is 122 Å². The van der Waals surface area contributed by atoms with E-state index >= 15 is 0 Å². The van der Waals surface area contributed by atoms with Gasteiger partial charge in [0.25, 0.3) is 0 Å². The topological polar surface area (TPSA) is 68.5 Å². The van der Waals surface area contributed by atoms with Crippen LogP contribution in [0.2, 0.25) is 0 Å². The third-order valence-corrected chi connectivity index (χ3v) is 3.76. The molecule has 5 nitrogen and oxygen atoms in total. The lowest BCUT2D eigenvalue weighted by atomic mass is 10.2. The number of rotatable bonds is 2. The minimum Gasteiger partial charge on any atom is -0.310 e. The molecule has 1 saturated heterocycles. The molecular weight excluding hydrogens is 272 g/mol. The van der Waals surface area contributed by atoms with Gasteiger partial charge < -0.3 is 4.90 Å². The Bertz CT molecular complexity index is 579. The fourth-order valence-electron chi connectivity index (χ4n) is 2.23. The number of nitriles is 1. The molecule has 1 aliphatic rings. The van der Waals surface area contributed by atoms with E-state index in [1.165, 1.54) is 11.8 Å². The highest BCUT2D eigenvalue weighted by molar-refractivity contribution is 8.13. The monoisotopic (exact) mass is 288 g/mol. The van der Waals surface area contributed by atoms with Gasteiger partial charge in [0, 0.05) is 18.2 Å². The molecule has 0 radical (unpaired) electrons. The summed E-state index contributed by atoms with van der Waals surface area (Å²) < 4.78 is 0. The van der Waals surface area contributed by atoms with Gasteiger partial charge in [-0.15, -0.1) is 0 Å². The molecule has 1 atom stereocenters. The van der Waals surface area contributed by atoms with E-state index in [-0.39, 0.29) is 11.9 Å². The van der Waals surface area contributed by atoms with Gasteiger partial charge in [-0.1, -0.05) is 17.8 Å². The summed E-state index contributed by atoms with van der Waals surface area (Å²) in [5.74, 6) is 0.152. The maximum absolute atomic E-state index is 11.9.